The van der Waals surface area contributed by atoms with Crippen LogP contribution in [0.3, 0.4) is 0 Å². The van der Waals surface area contributed by atoms with Crippen LogP contribution in [0.2, 0.25) is 0 Å². The molecule has 0 aliphatic carbocycles. The zero-order valence-corrected chi connectivity index (χ0v) is 16.3. The Labute approximate surface area is 173 Å². The van der Waals surface area contributed by atoms with Crippen LogP contribution in [0, 0.1) is 16.0 Å². The van der Waals surface area contributed by atoms with Gasteiger partial charge in [0.1, 0.15) is 5.69 Å². The molecule has 2 aromatic heterocycles. The van der Waals surface area contributed by atoms with Crippen LogP contribution in [0.15, 0.2) is 61.1 Å². The third-order valence-corrected chi connectivity index (χ3v) is 5.30. The molecule has 3 aromatic rings. The van der Waals surface area contributed by atoms with Crippen molar-refractivity contribution in [3.8, 4) is 5.82 Å². The van der Waals surface area contributed by atoms with Crippen LogP contribution in [0.25, 0.3) is 5.82 Å². The molecule has 0 radical (unpaired) electrons. The third kappa shape index (κ3) is 4.29. The molecule has 154 valence electrons. The normalized spacial score (nSPS) is 14.5. The van der Waals surface area contributed by atoms with Gasteiger partial charge in [0.25, 0.3) is 5.69 Å². The van der Waals surface area contributed by atoms with E-state index >= 15 is 0 Å². The molecular weight excluding hydrogens is 384 g/mol. The lowest BCUT2D eigenvalue weighted by Gasteiger charge is -2.32. The summed E-state index contributed by atoms with van der Waals surface area (Å²) in [5, 5.41) is 18.4. The van der Waals surface area contributed by atoms with Gasteiger partial charge in [0.15, 0.2) is 5.82 Å². The predicted octanol–water partition coefficient (Wildman–Crippen LogP) is 2.71. The summed E-state index contributed by atoms with van der Waals surface area (Å²) >= 11 is 0. The number of nitro benzene ring substituents is 1. The maximum atomic E-state index is 12.6. The molecule has 0 bridgehead atoms. The standard InChI is InChI=1S/C21H22N6O3/c28-21(23-15-16-6-10-22-20(14-16)26-11-3-9-24-26)17-7-12-25(13-8-17)18-4-1-2-5-19(18)27(29)30/h1-6,9-11,14,17H,7-8,12-13,15H2,(H,23,28). The average Bonchev–Trinajstić information content (AvgIpc) is 3.33. The highest BCUT2D eigenvalue weighted by Crippen LogP contribution is 2.31. The topological polar surface area (TPSA) is 106 Å². The minimum absolute atomic E-state index is 0.00895. The number of nitrogens with one attached hydrogen (secondary N) is 1. The van der Waals surface area contributed by atoms with Gasteiger partial charge in [0.05, 0.1) is 4.92 Å². The highest BCUT2D eigenvalue weighted by molar-refractivity contribution is 5.79. The molecule has 0 spiro atoms. The maximum absolute atomic E-state index is 12.6. The zero-order valence-electron chi connectivity index (χ0n) is 16.3. The Hall–Kier alpha value is -3.75. The lowest BCUT2D eigenvalue weighted by Crippen LogP contribution is -2.40. The first kappa shape index (κ1) is 19.6. The van der Waals surface area contributed by atoms with E-state index in [1.165, 1.54) is 6.07 Å². The summed E-state index contributed by atoms with van der Waals surface area (Å²) in [6.45, 7) is 1.64. The fourth-order valence-corrected chi connectivity index (χ4v) is 3.70. The number of benzene rings is 1. The van der Waals surface area contributed by atoms with Crippen LogP contribution in [-0.4, -0.2) is 38.7 Å². The summed E-state index contributed by atoms with van der Waals surface area (Å²) < 4.78 is 1.67. The van der Waals surface area contributed by atoms with Crippen molar-refractivity contribution in [1.82, 2.24) is 20.1 Å². The summed E-state index contributed by atoms with van der Waals surface area (Å²) in [5.41, 5.74) is 1.66. The van der Waals surface area contributed by atoms with Crippen LogP contribution >= 0.6 is 0 Å². The molecule has 9 nitrogen and oxygen atoms in total. The molecule has 1 fully saturated rings. The molecule has 1 saturated heterocycles. The Morgan fingerprint density at radius 3 is 2.70 bits per heavy atom. The average molecular weight is 406 g/mol. The number of rotatable bonds is 6. The summed E-state index contributed by atoms with van der Waals surface area (Å²) in [7, 11) is 0. The number of para-hydroxylation sites is 2. The Balaban J connectivity index is 1.32. The molecule has 0 saturated carbocycles. The van der Waals surface area contributed by atoms with Gasteiger partial charge < -0.3 is 10.2 Å². The predicted molar refractivity (Wildman–Crippen MR) is 111 cm³/mol. The lowest BCUT2D eigenvalue weighted by molar-refractivity contribution is -0.384. The second-order valence-corrected chi connectivity index (χ2v) is 7.20. The number of hydrogen-bond acceptors (Lipinski definition) is 6. The molecule has 1 amide bonds. The monoisotopic (exact) mass is 406 g/mol. The first-order valence-electron chi connectivity index (χ1n) is 9.83. The van der Waals surface area contributed by atoms with Crippen molar-refractivity contribution in [2.45, 2.75) is 19.4 Å². The first-order valence-corrected chi connectivity index (χ1v) is 9.83. The second kappa shape index (κ2) is 8.73. The van der Waals surface area contributed by atoms with Gasteiger partial charge in [-0.3, -0.25) is 14.9 Å². The number of hydrogen-bond donors (Lipinski definition) is 1. The molecule has 1 aliphatic rings. The van der Waals surface area contributed by atoms with E-state index in [0.29, 0.717) is 44.0 Å². The lowest BCUT2D eigenvalue weighted by atomic mass is 9.95. The highest BCUT2D eigenvalue weighted by atomic mass is 16.6. The summed E-state index contributed by atoms with van der Waals surface area (Å²) in [6.07, 6.45) is 6.52. The van der Waals surface area contributed by atoms with Gasteiger partial charge in [-0.1, -0.05) is 12.1 Å². The van der Waals surface area contributed by atoms with E-state index in [1.807, 2.05) is 29.3 Å². The number of nitro groups is 1. The van der Waals surface area contributed by atoms with Crippen LogP contribution in [0.1, 0.15) is 18.4 Å². The first-order chi connectivity index (χ1) is 14.6. The van der Waals surface area contributed by atoms with Crippen LogP contribution in [0.4, 0.5) is 11.4 Å². The fourth-order valence-electron chi connectivity index (χ4n) is 3.70. The Kier molecular flexibility index (Phi) is 5.69. The minimum atomic E-state index is -0.361. The molecule has 1 N–H and O–H groups in total. The van der Waals surface area contributed by atoms with Gasteiger partial charge in [0.2, 0.25) is 5.91 Å². The number of aromatic nitrogens is 3. The van der Waals surface area contributed by atoms with Crippen molar-refractivity contribution in [3.63, 3.8) is 0 Å². The van der Waals surface area contributed by atoms with E-state index in [4.69, 9.17) is 0 Å². The SMILES string of the molecule is O=C(NCc1ccnc(-n2cccn2)c1)C1CCN(c2ccccc2[N+](=O)[O-])CC1. The van der Waals surface area contributed by atoms with Crippen LogP contribution in [0.5, 0.6) is 0 Å². The Morgan fingerprint density at radius 2 is 1.97 bits per heavy atom. The van der Waals surface area contributed by atoms with Crippen LogP contribution in [-0.2, 0) is 11.3 Å². The molecular formula is C21H22N6O3. The molecule has 3 heterocycles. The van der Waals surface area contributed by atoms with Gasteiger partial charge >= 0.3 is 0 Å². The molecule has 1 aromatic carbocycles. The van der Waals surface area contributed by atoms with Crippen molar-refractivity contribution in [1.29, 1.82) is 0 Å². The molecule has 0 unspecified atom stereocenters. The van der Waals surface area contributed by atoms with Gasteiger partial charge in [-0.2, -0.15) is 5.10 Å². The quantitative estimate of drug-likeness (QED) is 0.498. The van der Waals surface area contributed by atoms with Crippen molar-refractivity contribution < 1.29 is 9.72 Å². The number of anilines is 1. The summed E-state index contributed by atoms with van der Waals surface area (Å²) in [6, 6.07) is 12.3. The number of carbonyl (C=O) groups is 1. The van der Waals surface area contributed by atoms with E-state index in [0.717, 1.165) is 5.56 Å². The van der Waals surface area contributed by atoms with Crippen molar-refractivity contribution >= 4 is 17.3 Å². The Bertz CT molecular complexity index is 1030. The van der Waals surface area contributed by atoms with Crippen molar-refractivity contribution in [2.75, 3.05) is 18.0 Å². The van der Waals surface area contributed by atoms with Crippen molar-refractivity contribution in [2.24, 2.45) is 5.92 Å². The molecule has 4 rings (SSSR count). The molecule has 30 heavy (non-hydrogen) atoms. The number of piperidine rings is 1. The van der Waals surface area contributed by atoms with Gasteiger partial charge in [0, 0.05) is 50.2 Å². The second-order valence-electron chi connectivity index (χ2n) is 7.20. The fraction of sp³-hybridized carbons (Fsp3) is 0.286. The van der Waals surface area contributed by atoms with Gasteiger partial charge in [-0.05, 0) is 42.7 Å². The molecule has 9 heteroatoms. The number of nitrogens with zero attached hydrogens (tertiary/aromatic N) is 5. The highest BCUT2D eigenvalue weighted by Gasteiger charge is 2.27. The zero-order chi connectivity index (χ0) is 20.9. The summed E-state index contributed by atoms with van der Waals surface area (Å²) in [4.78, 5) is 29.8. The number of carbonyl (C=O) groups excluding carboxylic acids is 1. The van der Waals surface area contributed by atoms with E-state index in [9.17, 15) is 14.9 Å². The maximum Gasteiger partial charge on any atom is 0.292 e. The van der Waals surface area contributed by atoms with Crippen molar-refractivity contribution in [3.05, 3.63) is 76.7 Å². The third-order valence-electron chi connectivity index (χ3n) is 5.30. The smallest absolute Gasteiger partial charge is 0.292 e. The summed E-state index contributed by atoms with van der Waals surface area (Å²) in [5.74, 6) is 0.607. The van der Waals surface area contributed by atoms with Crippen LogP contribution < -0.4 is 10.2 Å². The molecule has 0 atom stereocenters. The van der Waals surface area contributed by atoms with E-state index in [-0.39, 0.29) is 22.4 Å². The van der Waals surface area contributed by atoms with E-state index in [1.54, 1.807) is 35.3 Å². The minimum Gasteiger partial charge on any atom is -0.366 e. The largest absolute Gasteiger partial charge is 0.366 e. The Morgan fingerprint density at radius 1 is 1.17 bits per heavy atom. The van der Waals surface area contributed by atoms with Gasteiger partial charge in [-0.25, -0.2) is 9.67 Å². The van der Waals surface area contributed by atoms with E-state index < -0.39 is 0 Å². The van der Waals surface area contributed by atoms with E-state index in [2.05, 4.69) is 15.4 Å². The van der Waals surface area contributed by atoms with Gasteiger partial charge in [-0.15, -0.1) is 0 Å². The molecule has 1 aliphatic heterocycles. The number of pyridine rings is 1. The number of amides is 1.